The SMILES string of the molecule is CC(O)CN(C(=O)c1cc(NC(=O)C(C)(C)C)ccc1F)C(C)C. The smallest absolute Gasteiger partial charge is 0.257 e. The van der Waals surface area contributed by atoms with E-state index in [2.05, 4.69) is 5.32 Å². The molecule has 134 valence electrons. The monoisotopic (exact) mass is 338 g/mol. The summed E-state index contributed by atoms with van der Waals surface area (Å²) in [6, 6.07) is 3.72. The number of carbonyl (C=O) groups excluding carboxylic acids is 2. The molecule has 5 nitrogen and oxygen atoms in total. The largest absolute Gasteiger partial charge is 0.392 e. The highest BCUT2D eigenvalue weighted by Gasteiger charge is 2.25. The van der Waals surface area contributed by atoms with Gasteiger partial charge in [0, 0.05) is 23.7 Å². The van der Waals surface area contributed by atoms with Crippen LogP contribution in [-0.4, -0.2) is 40.5 Å². The van der Waals surface area contributed by atoms with E-state index in [4.69, 9.17) is 0 Å². The highest BCUT2D eigenvalue weighted by molar-refractivity contribution is 5.98. The number of aliphatic hydroxyl groups is 1. The van der Waals surface area contributed by atoms with Crippen LogP contribution in [0.25, 0.3) is 0 Å². The van der Waals surface area contributed by atoms with Gasteiger partial charge in [0.15, 0.2) is 0 Å². The van der Waals surface area contributed by atoms with E-state index in [0.29, 0.717) is 5.69 Å². The Bertz CT molecular complexity index is 607. The maximum atomic E-state index is 14.1. The van der Waals surface area contributed by atoms with Crippen molar-refractivity contribution in [1.29, 1.82) is 0 Å². The van der Waals surface area contributed by atoms with Crippen molar-refractivity contribution in [3.63, 3.8) is 0 Å². The minimum absolute atomic E-state index is 0.106. The predicted octanol–water partition coefficient (Wildman–Crippen LogP) is 3.04. The topological polar surface area (TPSA) is 69.6 Å². The summed E-state index contributed by atoms with van der Waals surface area (Å²) in [6.07, 6.45) is -0.719. The first kappa shape index (κ1) is 20.1. The second kappa shape index (κ2) is 7.75. The second-order valence-electron chi connectivity index (χ2n) is 7.30. The van der Waals surface area contributed by atoms with Gasteiger partial charge in [-0.2, -0.15) is 0 Å². The zero-order valence-corrected chi connectivity index (χ0v) is 15.2. The van der Waals surface area contributed by atoms with Crippen molar-refractivity contribution in [2.75, 3.05) is 11.9 Å². The molecule has 1 unspecified atom stereocenters. The average Bonchev–Trinajstić information content (AvgIpc) is 2.44. The minimum atomic E-state index is -0.719. The zero-order chi connectivity index (χ0) is 18.7. The maximum absolute atomic E-state index is 14.1. The number of benzene rings is 1. The highest BCUT2D eigenvalue weighted by atomic mass is 19.1. The van der Waals surface area contributed by atoms with Crippen LogP contribution in [0.5, 0.6) is 0 Å². The van der Waals surface area contributed by atoms with Crippen LogP contribution in [0.1, 0.15) is 51.9 Å². The van der Waals surface area contributed by atoms with Gasteiger partial charge in [0.1, 0.15) is 5.82 Å². The van der Waals surface area contributed by atoms with Crippen LogP contribution in [-0.2, 0) is 4.79 Å². The predicted molar refractivity (Wildman–Crippen MR) is 92.3 cm³/mol. The Morgan fingerprint density at radius 3 is 2.29 bits per heavy atom. The Hall–Kier alpha value is -1.95. The summed E-state index contributed by atoms with van der Waals surface area (Å²) in [5.41, 5.74) is -0.369. The quantitative estimate of drug-likeness (QED) is 0.867. The molecule has 1 aromatic carbocycles. The zero-order valence-electron chi connectivity index (χ0n) is 15.2. The van der Waals surface area contributed by atoms with E-state index in [1.165, 1.54) is 17.0 Å². The summed E-state index contributed by atoms with van der Waals surface area (Å²) >= 11 is 0. The van der Waals surface area contributed by atoms with E-state index in [0.717, 1.165) is 6.07 Å². The van der Waals surface area contributed by atoms with Crippen molar-refractivity contribution < 1.29 is 19.1 Å². The number of rotatable bonds is 5. The lowest BCUT2D eigenvalue weighted by Gasteiger charge is -2.28. The van der Waals surface area contributed by atoms with Crippen molar-refractivity contribution >= 4 is 17.5 Å². The number of nitrogens with one attached hydrogen (secondary N) is 1. The fourth-order valence-corrected chi connectivity index (χ4v) is 2.05. The lowest BCUT2D eigenvalue weighted by Crippen LogP contribution is -2.41. The van der Waals surface area contributed by atoms with E-state index in [-0.39, 0.29) is 24.1 Å². The molecule has 0 bridgehead atoms. The molecule has 1 aromatic rings. The number of aliphatic hydroxyl groups excluding tert-OH is 1. The Labute approximate surface area is 142 Å². The van der Waals surface area contributed by atoms with Crippen LogP contribution in [0.2, 0.25) is 0 Å². The molecule has 0 aliphatic carbocycles. The number of hydrogen-bond acceptors (Lipinski definition) is 3. The molecule has 0 aliphatic rings. The lowest BCUT2D eigenvalue weighted by molar-refractivity contribution is -0.123. The summed E-state index contributed by atoms with van der Waals surface area (Å²) in [5.74, 6) is -1.41. The van der Waals surface area contributed by atoms with Crippen molar-refractivity contribution in [3.8, 4) is 0 Å². The number of hydrogen-bond donors (Lipinski definition) is 2. The molecular formula is C18H27FN2O3. The highest BCUT2D eigenvalue weighted by Crippen LogP contribution is 2.21. The third kappa shape index (κ3) is 5.30. The van der Waals surface area contributed by atoms with Crippen LogP contribution in [0.15, 0.2) is 18.2 Å². The molecule has 0 aromatic heterocycles. The molecule has 0 saturated carbocycles. The normalized spacial score (nSPS) is 12.9. The first-order valence-corrected chi connectivity index (χ1v) is 8.03. The third-order valence-electron chi connectivity index (χ3n) is 3.48. The standard InChI is InChI=1S/C18H27FN2O3/c1-11(2)21(10-12(3)22)16(23)14-9-13(7-8-15(14)19)20-17(24)18(4,5)6/h7-9,11-12,22H,10H2,1-6H3,(H,20,24). The fraction of sp³-hybridized carbons (Fsp3) is 0.556. The third-order valence-corrected chi connectivity index (χ3v) is 3.48. The van der Waals surface area contributed by atoms with E-state index >= 15 is 0 Å². The molecule has 2 N–H and O–H groups in total. The van der Waals surface area contributed by atoms with Crippen LogP contribution >= 0.6 is 0 Å². The first-order valence-electron chi connectivity index (χ1n) is 8.03. The molecule has 6 heteroatoms. The maximum Gasteiger partial charge on any atom is 0.257 e. The Morgan fingerprint density at radius 2 is 1.83 bits per heavy atom. The van der Waals surface area contributed by atoms with E-state index in [1.807, 2.05) is 0 Å². The molecule has 0 radical (unpaired) electrons. The first-order chi connectivity index (χ1) is 10.9. The summed E-state index contributed by atoms with van der Waals surface area (Å²) in [7, 11) is 0. The Balaban J connectivity index is 3.12. The number of nitrogens with zero attached hydrogens (tertiary/aromatic N) is 1. The van der Waals surface area contributed by atoms with Crippen molar-refractivity contribution in [2.24, 2.45) is 5.41 Å². The van der Waals surface area contributed by atoms with Crippen molar-refractivity contribution in [2.45, 2.75) is 53.7 Å². The fourth-order valence-electron chi connectivity index (χ4n) is 2.05. The van der Waals surface area contributed by atoms with Gasteiger partial charge < -0.3 is 15.3 Å². The minimum Gasteiger partial charge on any atom is -0.392 e. The number of anilines is 1. The van der Waals surface area contributed by atoms with Gasteiger partial charge in [-0.25, -0.2) is 4.39 Å². The van der Waals surface area contributed by atoms with Crippen LogP contribution in [0, 0.1) is 11.2 Å². The molecule has 0 saturated heterocycles. The van der Waals surface area contributed by atoms with Crippen molar-refractivity contribution in [3.05, 3.63) is 29.6 Å². The Morgan fingerprint density at radius 1 is 1.25 bits per heavy atom. The van der Waals surface area contributed by atoms with E-state index in [1.54, 1.807) is 41.5 Å². The molecule has 24 heavy (non-hydrogen) atoms. The molecule has 0 aliphatic heterocycles. The van der Waals surface area contributed by atoms with Crippen LogP contribution in [0.3, 0.4) is 0 Å². The van der Waals surface area contributed by atoms with E-state index in [9.17, 15) is 19.1 Å². The van der Waals surface area contributed by atoms with Gasteiger partial charge in [-0.15, -0.1) is 0 Å². The summed E-state index contributed by atoms with van der Waals surface area (Å²) < 4.78 is 14.1. The summed E-state index contributed by atoms with van der Waals surface area (Å²) in [6.45, 7) is 10.6. The summed E-state index contributed by atoms with van der Waals surface area (Å²) in [5, 5.41) is 12.2. The van der Waals surface area contributed by atoms with Gasteiger partial charge in [-0.05, 0) is 39.0 Å². The van der Waals surface area contributed by atoms with Gasteiger partial charge in [0.05, 0.1) is 11.7 Å². The van der Waals surface area contributed by atoms with Gasteiger partial charge in [-0.1, -0.05) is 20.8 Å². The molecular weight excluding hydrogens is 311 g/mol. The van der Waals surface area contributed by atoms with Gasteiger partial charge in [-0.3, -0.25) is 9.59 Å². The summed E-state index contributed by atoms with van der Waals surface area (Å²) in [4.78, 5) is 26.1. The Kier molecular flexibility index (Phi) is 6.49. The number of amides is 2. The van der Waals surface area contributed by atoms with E-state index < -0.39 is 23.2 Å². The molecule has 0 fully saturated rings. The molecule has 0 spiro atoms. The molecule has 2 amide bonds. The lowest BCUT2D eigenvalue weighted by atomic mass is 9.95. The van der Waals surface area contributed by atoms with Gasteiger partial charge >= 0.3 is 0 Å². The molecule has 1 atom stereocenters. The number of halogens is 1. The van der Waals surface area contributed by atoms with Crippen LogP contribution in [0.4, 0.5) is 10.1 Å². The second-order valence-corrected chi connectivity index (χ2v) is 7.30. The molecule has 0 heterocycles. The van der Waals surface area contributed by atoms with Crippen LogP contribution < -0.4 is 5.32 Å². The van der Waals surface area contributed by atoms with Gasteiger partial charge in [0.2, 0.25) is 5.91 Å². The van der Waals surface area contributed by atoms with Gasteiger partial charge in [0.25, 0.3) is 5.91 Å². The van der Waals surface area contributed by atoms with Crippen molar-refractivity contribution in [1.82, 2.24) is 4.90 Å². The average molecular weight is 338 g/mol. The molecule has 1 rings (SSSR count). The number of carbonyl (C=O) groups is 2.